The molecule has 8 nitrogen and oxygen atoms in total. The van der Waals surface area contributed by atoms with Crippen LogP contribution in [0.3, 0.4) is 0 Å². The molecule has 2 aliphatic heterocycles. The fraction of sp³-hybridized carbons (Fsp3) is 0.346. The molecular weight excluding hydrogens is 492 g/mol. The average molecular weight is 523 g/mol. The number of hydrogen-bond acceptors (Lipinski definition) is 8. The standard InChI is InChI=1S/C26H30N6O2S2/c1-35-23-18-27-24(30-25(23)32-10-14-34-15-11-32)19-2-4-20(5-3-19)28-26(33)29-21-6-8-22(9-7-21)31-12-16-36-17-13-31/h2-9,18H,10-17H2,1H3,(H2,28,29,33). The number of morpholine rings is 1. The molecule has 1 aromatic heterocycles. The van der Waals surface area contributed by atoms with Crippen molar-refractivity contribution in [3.05, 3.63) is 54.7 Å². The summed E-state index contributed by atoms with van der Waals surface area (Å²) in [4.78, 5) is 27.6. The number of rotatable bonds is 6. The van der Waals surface area contributed by atoms with Crippen molar-refractivity contribution in [3.8, 4) is 11.4 Å². The lowest BCUT2D eigenvalue weighted by Gasteiger charge is -2.29. The van der Waals surface area contributed by atoms with Gasteiger partial charge in [0.2, 0.25) is 0 Å². The number of thioether (sulfide) groups is 2. The molecule has 5 rings (SSSR count). The Morgan fingerprint density at radius 3 is 2.19 bits per heavy atom. The molecular formula is C26H30N6O2S2. The van der Waals surface area contributed by atoms with Crippen molar-refractivity contribution in [2.24, 2.45) is 0 Å². The van der Waals surface area contributed by atoms with Crippen LogP contribution in [0.4, 0.5) is 27.7 Å². The molecule has 2 fully saturated rings. The van der Waals surface area contributed by atoms with Gasteiger partial charge in [-0.1, -0.05) is 0 Å². The van der Waals surface area contributed by atoms with Gasteiger partial charge in [0, 0.05) is 66.5 Å². The van der Waals surface area contributed by atoms with Crippen molar-refractivity contribution in [3.63, 3.8) is 0 Å². The van der Waals surface area contributed by atoms with Crippen LogP contribution in [-0.2, 0) is 4.74 Å². The predicted octanol–water partition coefficient (Wildman–Crippen LogP) is 4.90. The summed E-state index contributed by atoms with van der Waals surface area (Å²) < 4.78 is 5.49. The van der Waals surface area contributed by atoms with E-state index in [9.17, 15) is 4.79 Å². The van der Waals surface area contributed by atoms with Crippen LogP contribution >= 0.6 is 23.5 Å². The van der Waals surface area contributed by atoms with Gasteiger partial charge in [-0.05, 0) is 54.8 Å². The number of carbonyl (C=O) groups excluding carboxylic acids is 1. The molecule has 2 saturated heterocycles. The number of ether oxygens (including phenoxy) is 1. The number of urea groups is 1. The van der Waals surface area contributed by atoms with Crippen LogP contribution in [0.15, 0.2) is 59.6 Å². The van der Waals surface area contributed by atoms with Gasteiger partial charge in [0.25, 0.3) is 0 Å². The molecule has 10 heteroatoms. The third-order valence-corrected chi connectivity index (χ3v) is 7.84. The second-order valence-corrected chi connectivity index (χ2v) is 10.6. The maximum Gasteiger partial charge on any atom is 0.323 e. The van der Waals surface area contributed by atoms with Crippen molar-refractivity contribution in [2.45, 2.75) is 4.90 Å². The van der Waals surface area contributed by atoms with Crippen LogP contribution < -0.4 is 20.4 Å². The van der Waals surface area contributed by atoms with E-state index in [1.54, 1.807) is 11.8 Å². The van der Waals surface area contributed by atoms with E-state index >= 15 is 0 Å². The zero-order valence-corrected chi connectivity index (χ0v) is 21.9. The van der Waals surface area contributed by atoms with E-state index in [-0.39, 0.29) is 6.03 Å². The maximum atomic E-state index is 12.5. The quantitative estimate of drug-likeness (QED) is 0.443. The normalized spacial score (nSPS) is 16.0. The largest absolute Gasteiger partial charge is 0.378 e. The number of aromatic nitrogens is 2. The summed E-state index contributed by atoms with van der Waals surface area (Å²) in [6.07, 6.45) is 3.92. The number of benzene rings is 2. The second-order valence-electron chi connectivity index (χ2n) is 8.49. The highest BCUT2D eigenvalue weighted by atomic mass is 32.2. The van der Waals surface area contributed by atoms with Gasteiger partial charge in [-0.3, -0.25) is 0 Å². The number of amides is 2. The number of nitrogens with zero attached hydrogens (tertiary/aromatic N) is 4. The van der Waals surface area contributed by atoms with Gasteiger partial charge in [-0.2, -0.15) is 11.8 Å². The van der Waals surface area contributed by atoms with E-state index in [4.69, 9.17) is 9.72 Å². The highest BCUT2D eigenvalue weighted by Gasteiger charge is 2.18. The Balaban J connectivity index is 1.21. The van der Waals surface area contributed by atoms with Crippen molar-refractivity contribution < 1.29 is 9.53 Å². The lowest BCUT2D eigenvalue weighted by molar-refractivity contribution is 0.122. The summed E-state index contributed by atoms with van der Waals surface area (Å²) in [6, 6.07) is 15.3. The van der Waals surface area contributed by atoms with E-state index in [1.165, 1.54) is 5.69 Å². The Kier molecular flexibility index (Phi) is 8.15. The topological polar surface area (TPSA) is 82.6 Å². The molecule has 2 amide bonds. The minimum absolute atomic E-state index is 0.278. The van der Waals surface area contributed by atoms with Crippen LogP contribution in [0.1, 0.15) is 0 Å². The van der Waals surface area contributed by atoms with E-state index in [2.05, 4.69) is 37.6 Å². The van der Waals surface area contributed by atoms with Crippen LogP contribution in [0, 0.1) is 0 Å². The summed E-state index contributed by atoms with van der Waals surface area (Å²) in [5.41, 5.74) is 3.56. The van der Waals surface area contributed by atoms with E-state index < -0.39 is 0 Å². The van der Waals surface area contributed by atoms with Crippen LogP contribution in [0.2, 0.25) is 0 Å². The molecule has 3 heterocycles. The summed E-state index contributed by atoms with van der Waals surface area (Å²) >= 11 is 3.64. The number of anilines is 4. The number of carbonyl (C=O) groups is 1. The first-order valence-corrected chi connectivity index (χ1v) is 14.4. The SMILES string of the molecule is CSc1cnc(-c2ccc(NC(=O)Nc3ccc(N4CCSCC4)cc3)cc2)nc1N1CCOCC1. The molecule has 0 radical (unpaired) electrons. The van der Waals surface area contributed by atoms with Gasteiger partial charge in [-0.25, -0.2) is 14.8 Å². The first kappa shape index (κ1) is 24.7. The van der Waals surface area contributed by atoms with Gasteiger partial charge in [-0.15, -0.1) is 11.8 Å². The Labute approximate surface area is 220 Å². The first-order valence-electron chi connectivity index (χ1n) is 12.0. The summed E-state index contributed by atoms with van der Waals surface area (Å²) in [5, 5.41) is 5.81. The molecule has 0 spiro atoms. The average Bonchev–Trinajstić information content (AvgIpc) is 2.94. The van der Waals surface area contributed by atoms with E-state index in [1.807, 2.05) is 60.6 Å². The zero-order chi connectivity index (χ0) is 24.7. The summed E-state index contributed by atoms with van der Waals surface area (Å²) in [6.45, 7) is 5.18. The molecule has 0 unspecified atom stereocenters. The fourth-order valence-corrected chi connectivity index (χ4v) is 5.64. The molecule has 2 aromatic carbocycles. The summed E-state index contributed by atoms with van der Waals surface area (Å²) in [5.74, 6) is 3.93. The Morgan fingerprint density at radius 1 is 0.917 bits per heavy atom. The molecule has 0 bridgehead atoms. The molecule has 2 aliphatic rings. The van der Waals surface area contributed by atoms with Gasteiger partial charge in [0.15, 0.2) is 5.82 Å². The monoisotopic (exact) mass is 522 g/mol. The van der Waals surface area contributed by atoms with E-state index in [0.717, 1.165) is 59.6 Å². The molecule has 0 aliphatic carbocycles. The molecule has 2 N–H and O–H groups in total. The van der Waals surface area contributed by atoms with Gasteiger partial charge in [0.05, 0.1) is 18.1 Å². The van der Waals surface area contributed by atoms with Crippen molar-refractivity contribution in [1.29, 1.82) is 0 Å². The third kappa shape index (κ3) is 6.05. The fourth-order valence-electron chi connectivity index (χ4n) is 4.22. The van der Waals surface area contributed by atoms with E-state index in [0.29, 0.717) is 24.7 Å². The molecule has 0 atom stereocenters. The van der Waals surface area contributed by atoms with Crippen LogP contribution in [0.5, 0.6) is 0 Å². The Bertz CT molecular complexity index is 1160. The highest BCUT2D eigenvalue weighted by molar-refractivity contribution is 7.99. The second kappa shape index (κ2) is 11.9. The minimum atomic E-state index is -0.278. The predicted molar refractivity (Wildman–Crippen MR) is 151 cm³/mol. The Morgan fingerprint density at radius 2 is 1.56 bits per heavy atom. The Hall–Kier alpha value is -2.95. The molecule has 36 heavy (non-hydrogen) atoms. The van der Waals surface area contributed by atoms with Crippen LogP contribution in [-0.4, -0.2) is 73.2 Å². The van der Waals surface area contributed by atoms with Crippen LogP contribution in [0.25, 0.3) is 11.4 Å². The lowest BCUT2D eigenvalue weighted by atomic mass is 10.2. The van der Waals surface area contributed by atoms with Crippen molar-refractivity contribution in [2.75, 3.05) is 77.6 Å². The number of nitrogens with one attached hydrogen (secondary N) is 2. The first-order chi connectivity index (χ1) is 17.7. The third-order valence-electron chi connectivity index (χ3n) is 6.17. The maximum absolute atomic E-state index is 12.5. The lowest BCUT2D eigenvalue weighted by Crippen LogP contribution is -2.37. The zero-order valence-electron chi connectivity index (χ0n) is 20.3. The molecule has 0 saturated carbocycles. The molecule has 188 valence electrons. The van der Waals surface area contributed by atoms with Gasteiger partial charge in [0.1, 0.15) is 5.82 Å². The highest BCUT2D eigenvalue weighted by Crippen LogP contribution is 2.29. The molecule has 3 aromatic rings. The van der Waals surface area contributed by atoms with Crippen molar-refractivity contribution >= 4 is 52.4 Å². The smallest absolute Gasteiger partial charge is 0.323 e. The van der Waals surface area contributed by atoms with Gasteiger partial charge >= 0.3 is 6.03 Å². The number of hydrogen-bond donors (Lipinski definition) is 2. The summed E-state index contributed by atoms with van der Waals surface area (Å²) in [7, 11) is 0. The minimum Gasteiger partial charge on any atom is -0.378 e. The van der Waals surface area contributed by atoms with Crippen molar-refractivity contribution in [1.82, 2.24) is 9.97 Å². The van der Waals surface area contributed by atoms with Gasteiger partial charge < -0.3 is 25.2 Å².